The number of nitrogens with one attached hydrogen (secondary N) is 1. The lowest BCUT2D eigenvalue weighted by atomic mass is 10.5. The zero-order valence-corrected chi connectivity index (χ0v) is 10.5. The van der Waals surface area contributed by atoms with Crippen LogP contribution >= 0.6 is 34.3 Å². The third kappa shape index (κ3) is 3.24. The molecule has 3 nitrogen and oxygen atoms in total. The van der Waals surface area contributed by atoms with Crippen molar-refractivity contribution >= 4 is 34.3 Å². The van der Waals surface area contributed by atoms with Crippen molar-refractivity contribution < 1.29 is 0 Å². The van der Waals surface area contributed by atoms with E-state index in [-0.39, 0.29) is 0 Å². The molecule has 0 aromatic carbocycles. The van der Waals surface area contributed by atoms with Gasteiger partial charge in [-0.05, 0) is 6.92 Å². The minimum absolute atomic E-state index is 0.733. The van der Waals surface area contributed by atoms with Gasteiger partial charge in [-0.15, -0.1) is 22.7 Å². The maximum absolute atomic E-state index is 5.78. The second-order valence-corrected chi connectivity index (χ2v) is 5.73. The number of aryl methyl sites for hydroxylation is 1. The van der Waals surface area contributed by atoms with Crippen molar-refractivity contribution in [2.75, 3.05) is 0 Å². The molecule has 0 fully saturated rings. The van der Waals surface area contributed by atoms with E-state index in [1.807, 2.05) is 6.92 Å². The van der Waals surface area contributed by atoms with Crippen LogP contribution in [0.1, 0.15) is 15.7 Å². The highest BCUT2D eigenvalue weighted by Crippen LogP contribution is 2.18. The normalized spacial score (nSPS) is 10.8. The lowest BCUT2D eigenvalue weighted by molar-refractivity contribution is 0.685. The zero-order valence-electron chi connectivity index (χ0n) is 8.16. The van der Waals surface area contributed by atoms with Crippen molar-refractivity contribution in [2.45, 2.75) is 20.0 Å². The zero-order chi connectivity index (χ0) is 10.7. The van der Waals surface area contributed by atoms with Crippen molar-refractivity contribution in [1.82, 2.24) is 15.3 Å². The lowest BCUT2D eigenvalue weighted by Gasteiger charge is -1.97. The second kappa shape index (κ2) is 5.03. The molecule has 1 N–H and O–H groups in total. The van der Waals surface area contributed by atoms with E-state index < -0.39 is 0 Å². The summed E-state index contributed by atoms with van der Waals surface area (Å²) in [4.78, 5) is 8.52. The van der Waals surface area contributed by atoms with Gasteiger partial charge in [-0.25, -0.2) is 9.97 Å². The van der Waals surface area contributed by atoms with Gasteiger partial charge in [0.05, 0.1) is 6.20 Å². The van der Waals surface area contributed by atoms with E-state index in [1.54, 1.807) is 17.5 Å². The van der Waals surface area contributed by atoms with E-state index in [9.17, 15) is 0 Å². The predicted molar refractivity (Wildman–Crippen MR) is 64.5 cm³/mol. The van der Waals surface area contributed by atoms with Gasteiger partial charge in [-0.2, -0.15) is 0 Å². The largest absolute Gasteiger partial charge is 0.304 e. The van der Waals surface area contributed by atoms with Crippen molar-refractivity contribution in [3.63, 3.8) is 0 Å². The topological polar surface area (TPSA) is 37.8 Å². The van der Waals surface area contributed by atoms with Gasteiger partial charge in [-0.3, -0.25) is 0 Å². The summed E-state index contributed by atoms with van der Waals surface area (Å²) >= 11 is 8.95. The van der Waals surface area contributed by atoms with E-state index in [2.05, 4.69) is 20.7 Å². The molecule has 0 amide bonds. The number of nitrogens with zero attached hydrogens (tertiary/aromatic N) is 2. The number of aromatic nitrogens is 2. The molecule has 6 heteroatoms. The minimum Gasteiger partial charge on any atom is -0.304 e. The first-order valence-electron chi connectivity index (χ1n) is 4.46. The van der Waals surface area contributed by atoms with Crippen LogP contribution in [0, 0.1) is 6.92 Å². The summed E-state index contributed by atoms with van der Waals surface area (Å²) in [5, 5.41) is 7.45. The van der Waals surface area contributed by atoms with Gasteiger partial charge < -0.3 is 5.32 Å². The Morgan fingerprint density at radius 3 is 2.80 bits per heavy atom. The number of rotatable bonds is 4. The first kappa shape index (κ1) is 11.0. The van der Waals surface area contributed by atoms with Gasteiger partial charge in [0.25, 0.3) is 0 Å². The Bertz CT molecular complexity index is 398. The van der Waals surface area contributed by atoms with Gasteiger partial charge in [0, 0.05) is 24.2 Å². The summed E-state index contributed by atoms with van der Waals surface area (Å²) in [5.41, 5.74) is 1.08. The number of thiazole rings is 2. The fraction of sp³-hybridized carbons (Fsp3) is 0.333. The molecule has 0 unspecified atom stereocenters. The first-order chi connectivity index (χ1) is 7.24. The Morgan fingerprint density at radius 2 is 2.20 bits per heavy atom. The summed E-state index contributed by atoms with van der Waals surface area (Å²) in [6, 6.07) is 0. The van der Waals surface area contributed by atoms with E-state index in [4.69, 9.17) is 11.6 Å². The summed E-state index contributed by atoms with van der Waals surface area (Å²) in [6.07, 6.45) is 1.68. The van der Waals surface area contributed by atoms with E-state index in [0.29, 0.717) is 0 Å². The van der Waals surface area contributed by atoms with E-state index >= 15 is 0 Å². The Morgan fingerprint density at radius 1 is 1.40 bits per heavy atom. The van der Waals surface area contributed by atoms with Crippen LogP contribution in [0.2, 0.25) is 4.34 Å². The van der Waals surface area contributed by atoms with Crippen LogP contribution in [0.4, 0.5) is 0 Å². The Hall–Kier alpha value is -0.490. The molecule has 0 aliphatic rings. The quantitative estimate of drug-likeness (QED) is 0.918. The predicted octanol–water partition coefficient (Wildman–Crippen LogP) is 2.85. The van der Waals surface area contributed by atoms with Crippen LogP contribution in [0.5, 0.6) is 0 Å². The van der Waals surface area contributed by atoms with Gasteiger partial charge in [0.2, 0.25) is 0 Å². The third-order valence-corrected chi connectivity index (χ3v) is 3.83. The third-order valence-electron chi connectivity index (χ3n) is 1.74. The minimum atomic E-state index is 0.733. The maximum Gasteiger partial charge on any atom is 0.113 e. The van der Waals surface area contributed by atoms with Crippen molar-refractivity contribution in [2.24, 2.45) is 0 Å². The summed E-state index contributed by atoms with van der Waals surface area (Å²) in [6.45, 7) is 3.53. The Kier molecular flexibility index (Phi) is 3.69. The van der Waals surface area contributed by atoms with Gasteiger partial charge in [0.1, 0.15) is 14.4 Å². The van der Waals surface area contributed by atoms with E-state index in [1.165, 1.54) is 11.3 Å². The smallest absolute Gasteiger partial charge is 0.113 e. The molecule has 0 aliphatic carbocycles. The number of hydrogen-bond acceptors (Lipinski definition) is 5. The molecule has 0 saturated carbocycles. The van der Waals surface area contributed by atoms with Crippen molar-refractivity contribution in [3.8, 4) is 0 Å². The molecule has 0 saturated heterocycles. The fourth-order valence-electron chi connectivity index (χ4n) is 1.13. The van der Waals surface area contributed by atoms with Crippen LogP contribution in [0.3, 0.4) is 0 Å². The standard InChI is InChI=1S/C9H10ClN3S2/c1-6-5-14-9(13-6)4-11-3-8-12-2-7(10)15-8/h2,5,11H,3-4H2,1H3. The van der Waals surface area contributed by atoms with Crippen molar-refractivity contribution in [3.05, 3.63) is 31.6 Å². The van der Waals surface area contributed by atoms with Crippen LogP contribution in [0.25, 0.3) is 0 Å². The number of hydrogen-bond donors (Lipinski definition) is 1. The Balaban J connectivity index is 1.80. The monoisotopic (exact) mass is 259 g/mol. The molecule has 2 aromatic rings. The molecule has 15 heavy (non-hydrogen) atoms. The van der Waals surface area contributed by atoms with Gasteiger partial charge in [-0.1, -0.05) is 11.6 Å². The molecular weight excluding hydrogens is 250 g/mol. The van der Waals surface area contributed by atoms with Gasteiger partial charge >= 0.3 is 0 Å². The van der Waals surface area contributed by atoms with Crippen LogP contribution in [-0.2, 0) is 13.1 Å². The molecule has 0 radical (unpaired) electrons. The average Bonchev–Trinajstić information content (AvgIpc) is 2.76. The number of halogens is 1. The lowest BCUT2D eigenvalue weighted by Crippen LogP contribution is -2.12. The molecule has 0 bridgehead atoms. The molecule has 2 aromatic heterocycles. The fourth-order valence-corrected chi connectivity index (χ4v) is 2.80. The molecule has 2 heterocycles. The summed E-state index contributed by atoms with van der Waals surface area (Å²) in [7, 11) is 0. The maximum atomic E-state index is 5.78. The Labute approximate surface area is 101 Å². The SMILES string of the molecule is Cc1csc(CNCc2ncc(Cl)s2)n1. The molecular formula is C9H10ClN3S2. The molecule has 80 valence electrons. The molecule has 2 rings (SSSR count). The molecule has 0 spiro atoms. The molecule has 0 atom stereocenters. The highest BCUT2D eigenvalue weighted by molar-refractivity contribution is 7.15. The van der Waals surface area contributed by atoms with Gasteiger partial charge in [0.15, 0.2) is 0 Å². The van der Waals surface area contributed by atoms with E-state index in [0.717, 1.165) is 33.1 Å². The summed E-state index contributed by atoms with van der Waals surface area (Å²) in [5.74, 6) is 0. The van der Waals surface area contributed by atoms with Crippen LogP contribution in [0.15, 0.2) is 11.6 Å². The molecule has 0 aliphatic heterocycles. The highest BCUT2D eigenvalue weighted by atomic mass is 35.5. The second-order valence-electron chi connectivity index (χ2n) is 3.04. The summed E-state index contributed by atoms with van der Waals surface area (Å²) < 4.78 is 0.733. The highest BCUT2D eigenvalue weighted by Gasteiger charge is 2.01. The van der Waals surface area contributed by atoms with Crippen LogP contribution < -0.4 is 5.32 Å². The van der Waals surface area contributed by atoms with Crippen LogP contribution in [-0.4, -0.2) is 9.97 Å². The first-order valence-corrected chi connectivity index (χ1v) is 6.53. The van der Waals surface area contributed by atoms with Crippen molar-refractivity contribution in [1.29, 1.82) is 0 Å². The average molecular weight is 260 g/mol.